The Balaban J connectivity index is 3.64. The molecule has 0 saturated heterocycles. The maximum absolute atomic E-state index is 12.4. The van der Waals surface area contributed by atoms with Gasteiger partial charge in [0.05, 0.1) is 18.8 Å². The Kier molecular flexibility index (Phi) is 41.0. The summed E-state index contributed by atoms with van der Waals surface area (Å²) in [7, 11) is 0. The standard InChI is InChI=1S/C49H81NO3/c1-3-5-7-9-11-13-15-17-18-19-20-21-22-23-24-25-26-27-28-29-30-31-32-33-35-37-39-41-43-45-49(53)50-47(46-51)48(52)44-42-40-38-36-34-16-14-12-10-8-6-4-2/h5,7,10-13,17-18,20-21,23-24,26-27,34,36,42,44,47-48,51-52H,3-4,6,8-9,14-16,19,22,25,28-33,35,37-41,43,45-46H2,1-2H3,(H,50,53)/b7-5-,12-10+,13-11-,18-17-,21-20-,24-23-,27-26-,36-34+,44-42+. The van der Waals surface area contributed by atoms with Gasteiger partial charge in [-0.25, -0.2) is 0 Å². The number of carbonyl (C=O) groups is 1. The molecular formula is C49H81NO3. The van der Waals surface area contributed by atoms with Crippen LogP contribution in [0.2, 0.25) is 0 Å². The van der Waals surface area contributed by atoms with Crippen molar-refractivity contribution in [3.05, 3.63) is 109 Å². The van der Waals surface area contributed by atoms with Gasteiger partial charge in [-0.1, -0.05) is 187 Å². The molecule has 0 aromatic heterocycles. The fourth-order valence-corrected chi connectivity index (χ4v) is 5.67. The van der Waals surface area contributed by atoms with Gasteiger partial charge in [0.1, 0.15) is 0 Å². The summed E-state index contributed by atoms with van der Waals surface area (Å²) in [5.41, 5.74) is 0. The molecule has 0 aromatic rings. The minimum absolute atomic E-state index is 0.0906. The van der Waals surface area contributed by atoms with Gasteiger partial charge in [-0.05, 0) is 89.9 Å². The molecule has 0 aliphatic carbocycles. The molecule has 300 valence electrons. The normalized spacial score (nSPS) is 14.1. The number of aliphatic hydroxyl groups is 2. The summed E-state index contributed by atoms with van der Waals surface area (Å²) in [6.45, 7) is 4.11. The first-order valence-corrected chi connectivity index (χ1v) is 21.6. The predicted molar refractivity (Wildman–Crippen MR) is 234 cm³/mol. The van der Waals surface area contributed by atoms with Gasteiger partial charge in [-0.2, -0.15) is 0 Å². The fraction of sp³-hybridized carbons (Fsp3) is 0.612. The van der Waals surface area contributed by atoms with Crippen LogP contribution in [0.3, 0.4) is 0 Å². The van der Waals surface area contributed by atoms with Gasteiger partial charge >= 0.3 is 0 Å². The minimum atomic E-state index is -0.877. The summed E-state index contributed by atoms with van der Waals surface area (Å²) in [5, 5.41) is 22.9. The van der Waals surface area contributed by atoms with E-state index in [1.54, 1.807) is 6.08 Å². The van der Waals surface area contributed by atoms with Crippen LogP contribution in [0, 0.1) is 0 Å². The van der Waals surface area contributed by atoms with Crippen molar-refractivity contribution in [2.24, 2.45) is 0 Å². The Morgan fingerprint density at radius 2 is 0.849 bits per heavy atom. The highest BCUT2D eigenvalue weighted by Gasteiger charge is 2.17. The summed E-state index contributed by atoms with van der Waals surface area (Å²) in [6.07, 6.45) is 66.2. The van der Waals surface area contributed by atoms with Gasteiger partial charge in [0, 0.05) is 6.42 Å². The van der Waals surface area contributed by atoms with Gasteiger partial charge in [0.25, 0.3) is 0 Å². The molecule has 0 fully saturated rings. The van der Waals surface area contributed by atoms with Crippen LogP contribution < -0.4 is 5.32 Å². The molecular weight excluding hydrogens is 651 g/mol. The third-order valence-electron chi connectivity index (χ3n) is 8.97. The molecule has 0 radical (unpaired) electrons. The highest BCUT2D eigenvalue weighted by Crippen LogP contribution is 2.13. The molecule has 0 aliphatic rings. The first-order chi connectivity index (χ1) is 26.2. The lowest BCUT2D eigenvalue weighted by Crippen LogP contribution is -2.45. The number of carbonyl (C=O) groups excluding carboxylic acids is 1. The van der Waals surface area contributed by atoms with Crippen LogP contribution in [0.15, 0.2) is 109 Å². The molecule has 0 heterocycles. The lowest BCUT2D eigenvalue weighted by molar-refractivity contribution is -0.123. The molecule has 3 N–H and O–H groups in total. The largest absolute Gasteiger partial charge is 0.394 e. The Morgan fingerprint density at radius 1 is 0.472 bits per heavy atom. The first-order valence-electron chi connectivity index (χ1n) is 21.6. The van der Waals surface area contributed by atoms with Crippen LogP contribution in [-0.2, 0) is 4.79 Å². The molecule has 0 bridgehead atoms. The summed E-state index contributed by atoms with van der Waals surface area (Å²) < 4.78 is 0. The van der Waals surface area contributed by atoms with E-state index in [-0.39, 0.29) is 12.5 Å². The van der Waals surface area contributed by atoms with Crippen molar-refractivity contribution in [2.45, 2.75) is 187 Å². The second-order valence-electron chi connectivity index (χ2n) is 14.0. The van der Waals surface area contributed by atoms with Gasteiger partial charge in [-0.3, -0.25) is 4.79 Å². The molecule has 2 unspecified atom stereocenters. The maximum atomic E-state index is 12.4. The average molecular weight is 732 g/mol. The highest BCUT2D eigenvalue weighted by molar-refractivity contribution is 5.76. The minimum Gasteiger partial charge on any atom is -0.394 e. The summed E-state index contributed by atoms with van der Waals surface area (Å²) in [6, 6.07) is -0.653. The van der Waals surface area contributed by atoms with Crippen molar-refractivity contribution in [1.82, 2.24) is 5.32 Å². The molecule has 0 aromatic carbocycles. The topological polar surface area (TPSA) is 69.6 Å². The van der Waals surface area contributed by atoms with Gasteiger partial charge in [-0.15, -0.1) is 0 Å². The van der Waals surface area contributed by atoms with E-state index in [0.29, 0.717) is 6.42 Å². The van der Waals surface area contributed by atoms with Crippen LogP contribution in [0.4, 0.5) is 0 Å². The lowest BCUT2D eigenvalue weighted by Gasteiger charge is -2.19. The quantitative estimate of drug-likeness (QED) is 0.0440. The van der Waals surface area contributed by atoms with Crippen molar-refractivity contribution in [1.29, 1.82) is 0 Å². The molecule has 0 saturated carbocycles. The van der Waals surface area contributed by atoms with E-state index in [0.717, 1.165) is 83.5 Å². The van der Waals surface area contributed by atoms with E-state index in [9.17, 15) is 15.0 Å². The molecule has 0 aliphatic heterocycles. The van der Waals surface area contributed by atoms with Gasteiger partial charge < -0.3 is 15.5 Å². The zero-order chi connectivity index (χ0) is 38.6. The number of hydrogen-bond acceptors (Lipinski definition) is 3. The van der Waals surface area contributed by atoms with Crippen LogP contribution in [0.1, 0.15) is 174 Å². The van der Waals surface area contributed by atoms with Crippen molar-refractivity contribution in [3.63, 3.8) is 0 Å². The Bertz CT molecular complexity index is 1060. The van der Waals surface area contributed by atoms with E-state index in [1.165, 1.54) is 70.6 Å². The maximum Gasteiger partial charge on any atom is 0.220 e. The van der Waals surface area contributed by atoms with Crippen molar-refractivity contribution < 1.29 is 15.0 Å². The van der Waals surface area contributed by atoms with Crippen molar-refractivity contribution in [3.8, 4) is 0 Å². The van der Waals surface area contributed by atoms with Crippen LogP contribution >= 0.6 is 0 Å². The second kappa shape index (κ2) is 43.5. The highest BCUT2D eigenvalue weighted by atomic mass is 16.3. The van der Waals surface area contributed by atoms with Crippen molar-refractivity contribution >= 4 is 5.91 Å². The van der Waals surface area contributed by atoms with E-state index >= 15 is 0 Å². The smallest absolute Gasteiger partial charge is 0.220 e. The molecule has 1 amide bonds. The monoisotopic (exact) mass is 732 g/mol. The van der Waals surface area contributed by atoms with E-state index in [2.05, 4.69) is 116 Å². The van der Waals surface area contributed by atoms with Crippen molar-refractivity contribution in [2.75, 3.05) is 6.61 Å². The summed E-state index contributed by atoms with van der Waals surface area (Å²) in [5.74, 6) is -0.0906. The average Bonchev–Trinajstić information content (AvgIpc) is 3.16. The van der Waals surface area contributed by atoms with Crippen LogP contribution in [0.25, 0.3) is 0 Å². The molecule has 4 nitrogen and oxygen atoms in total. The second-order valence-corrected chi connectivity index (χ2v) is 14.0. The Morgan fingerprint density at radius 3 is 1.32 bits per heavy atom. The van der Waals surface area contributed by atoms with E-state index in [1.807, 2.05) is 6.08 Å². The van der Waals surface area contributed by atoms with Gasteiger partial charge in [0.2, 0.25) is 5.91 Å². The Labute approximate surface area is 327 Å². The first kappa shape index (κ1) is 50.1. The zero-order valence-electron chi connectivity index (χ0n) is 34.2. The summed E-state index contributed by atoms with van der Waals surface area (Å²) in [4.78, 5) is 12.4. The number of amides is 1. The van der Waals surface area contributed by atoms with E-state index < -0.39 is 12.1 Å². The molecule has 0 spiro atoms. The number of nitrogens with one attached hydrogen (secondary N) is 1. The number of hydrogen-bond donors (Lipinski definition) is 3. The predicted octanol–water partition coefficient (Wildman–Crippen LogP) is 13.6. The number of allylic oxidation sites excluding steroid dienone is 17. The molecule has 4 heteroatoms. The summed E-state index contributed by atoms with van der Waals surface area (Å²) >= 11 is 0. The molecule has 0 rings (SSSR count). The third kappa shape index (κ3) is 40.1. The van der Waals surface area contributed by atoms with Crippen LogP contribution in [-0.4, -0.2) is 34.9 Å². The van der Waals surface area contributed by atoms with E-state index in [4.69, 9.17) is 0 Å². The zero-order valence-corrected chi connectivity index (χ0v) is 34.2. The third-order valence-corrected chi connectivity index (χ3v) is 8.97. The molecule has 53 heavy (non-hydrogen) atoms. The van der Waals surface area contributed by atoms with Gasteiger partial charge in [0.15, 0.2) is 0 Å². The number of aliphatic hydroxyl groups excluding tert-OH is 2. The van der Waals surface area contributed by atoms with Crippen LogP contribution in [0.5, 0.6) is 0 Å². The Hall–Kier alpha value is -2.95. The molecule has 2 atom stereocenters. The number of rotatable bonds is 37. The fourth-order valence-electron chi connectivity index (χ4n) is 5.67. The lowest BCUT2D eigenvalue weighted by atomic mass is 10.0. The SMILES string of the molecule is CC/C=C\C/C=C\C/C=C\C/C=C\C/C=C\C/C=C\CCCCCCCCCCCCC(=O)NC(CO)C(O)/C=C/CC/C=C/CC/C=C/CCCC. The number of unbranched alkanes of at least 4 members (excludes halogenated alkanes) is 14.